The van der Waals surface area contributed by atoms with Crippen LogP contribution in [0.25, 0.3) is 0 Å². The van der Waals surface area contributed by atoms with Crippen LogP contribution >= 0.6 is 0 Å². The van der Waals surface area contributed by atoms with E-state index in [9.17, 15) is 14.4 Å². The first-order valence-electron chi connectivity index (χ1n) is 4.74. The number of primary amides is 1. The Morgan fingerprint density at radius 3 is 2.12 bits per heavy atom. The van der Waals surface area contributed by atoms with E-state index in [1.807, 2.05) is 0 Å². The molecule has 1 unspecified atom stereocenters. The molecule has 0 aliphatic heterocycles. The molecule has 7 heteroatoms. The molecule has 16 heavy (non-hydrogen) atoms. The maximum absolute atomic E-state index is 11.7. The lowest BCUT2D eigenvalue weighted by Crippen LogP contribution is -2.52. The maximum atomic E-state index is 11.7. The molecule has 0 aromatic rings. The van der Waals surface area contributed by atoms with E-state index in [1.165, 1.54) is 19.0 Å². The largest absolute Gasteiger partial charge is 0.481 e. The van der Waals surface area contributed by atoms with Gasteiger partial charge in [-0.2, -0.15) is 0 Å². The summed E-state index contributed by atoms with van der Waals surface area (Å²) in [5.41, 5.74) is 10.6. The minimum absolute atomic E-state index is 0.00815. The Balaban J connectivity index is 4.50. The number of carboxylic acids is 1. The van der Waals surface area contributed by atoms with Crippen molar-refractivity contribution < 1.29 is 19.5 Å². The third-order valence-electron chi connectivity index (χ3n) is 2.09. The number of nitrogens with two attached hydrogens (primary N) is 2. The molecule has 2 atom stereocenters. The average molecular weight is 231 g/mol. The van der Waals surface area contributed by atoms with Crippen LogP contribution in [0.2, 0.25) is 0 Å². The summed E-state index contributed by atoms with van der Waals surface area (Å²) in [7, 11) is 3.05. The lowest BCUT2D eigenvalue weighted by Gasteiger charge is -2.22. The zero-order chi connectivity index (χ0) is 12.9. The molecule has 0 heterocycles. The van der Waals surface area contributed by atoms with E-state index in [1.54, 1.807) is 0 Å². The van der Waals surface area contributed by atoms with E-state index in [2.05, 4.69) is 0 Å². The van der Waals surface area contributed by atoms with Crippen molar-refractivity contribution in [2.24, 2.45) is 11.5 Å². The Morgan fingerprint density at radius 2 is 1.81 bits per heavy atom. The van der Waals surface area contributed by atoms with Gasteiger partial charge in [-0.1, -0.05) is 0 Å². The second-order valence-electron chi connectivity index (χ2n) is 3.71. The molecule has 0 aliphatic carbocycles. The molecule has 0 saturated heterocycles. The summed E-state index contributed by atoms with van der Waals surface area (Å²) in [6.45, 7) is 0. The van der Waals surface area contributed by atoms with E-state index in [4.69, 9.17) is 16.6 Å². The number of carboxylic acid groups (broad SMARTS) is 1. The second-order valence-corrected chi connectivity index (χ2v) is 3.71. The number of aliphatic carboxylic acids is 1. The summed E-state index contributed by atoms with van der Waals surface area (Å²) in [6, 6.07) is -2.10. The van der Waals surface area contributed by atoms with Gasteiger partial charge in [-0.15, -0.1) is 0 Å². The summed E-state index contributed by atoms with van der Waals surface area (Å²) in [5, 5.41) is 8.43. The molecular weight excluding hydrogens is 214 g/mol. The van der Waals surface area contributed by atoms with E-state index in [0.29, 0.717) is 0 Å². The monoisotopic (exact) mass is 231 g/mol. The Labute approximate surface area is 93.4 Å². The van der Waals surface area contributed by atoms with Crippen molar-refractivity contribution in [1.29, 1.82) is 0 Å². The molecule has 0 aromatic carbocycles. The van der Waals surface area contributed by atoms with E-state index >= 15 is 0 Å². The molecule has 92 valence electrons. The topological polar surface area (TPSA) is 127 Å². The highest BCUT2D eigenvalue weighted by atomic mass is 16.4. The maximum Gasteiger partial charge on any atom is 0.303 e. The van der Waals surface area contributed by atoms with Crippen molar-refractivity contribution in [3.8, 4) is 0 Å². The summed E-state index contributed by atoms with van der Waals surface area (Å²) >= 11 is 0. The lowest BCUT2D eigenvalue weighted by molar-refractivity contribution is -0.137. The van der Waals surface area contributed by atoms with E-state index in [-0.39, 0.29) is 12.8 Å². The first-order valence-corrected chi connectivity index (χ1v) is 4.74. The van der Waals surface area contributed by atoms with Crippen molar-refractivity contribution >= 4 is 17.7 Å². The molecule has 0 rings (SSSR count). The summed E-state index contributed by atoms with van der Waals surface area (Å²) in [6.07, 6.45) is -0.225. The predicted octanol–water partition coefficient (Wildman–Crippen LogP) is -1.84. The van der Waals surface area contributed by atoms with Crippen LogP contribution in [0.15, 0.2) is 0 Å². The Bertz CT molecular complexity index is 290. The molecular formula is C9H17N3O4. The third kappa shape index (κ3) is 4.37. The van der Waals surface area contributed by atoms with E-state index < -0.39 is 29.7 Å². The van der Waals surface area contributed by atoms with Gasteiger partial charge in [0, 0.05) is 6.42 Å². The minimum Gasteiger partial charge on any atom is -0.481 e. The molecule has 0 saturated carbocycles. The number of likely N-dealkylation sites (N-methyl/N-ethyl adjacent to an activating group) is 1. The fourth-order valence-electron chi connectivity index (χ4n) is 1.27. The summed E-state index contributed by atoms with van der Waals surface area (Å²) in [5.74, 6) is -2.39. The van der Waals surface area contributed by atoms with Gasteiger partial charge in [0.25, 0.3) is 0 Å². The van der Waals surface area contributed by atoms with Gasteiger partial charge in [0.05, 0.1) is 6.04 Å². The summed E-state index contributed by atoms with van der Waals surface area (Å²) < 4.78 is 0. The Hall–Kier alpha value is -1.47. The SMILES string of the molecule is CN(C)C(C(N)=O)C(=O)[C@H](N)CCC(=O)O. The van der Waals surface area contributed by atoms with Crippen molar-refractivity contribution in [3.05, 3.63) is 0 Å². The van der Waals surface area contributed by atoms with Gasteiger partial charge in [0.1, 0.15) is 6.04 Å². The van der Waals surface area contributed by atoms with Crippen molar-refractivity contribution in [2.75, 3.05) is 14.1 Å². The molecule has 0 fully saturated rings. The third-order valence-corrected chi connectivity index (χ3v) is 2.09. The summed E-state index contributed by atoms with van der Waals surface area (Å²) in [4.78, 5) is 34.3. The molecule has 0 aliphatic rings. The lowest BCUT2D eigenvalue weighted by atomic mass is 10.0. The van der Waals surface area contributed by atoms with Crippen molar-refractivity contribution in [2.45, 2.75) is 24.9 Å². The number of carbonyl (C=O) groups excluding carboxylic acids is 2. The molecule has 0 aromatic heterocycles. The number of ketones is 1. The standard InChI is InChI=1S/C9H17N3O4/c1-12(2)7(9(11)16)8(15)5(10)3-4-6(13)14/h5,7H,3-4,10H2,1-2H3,(H2,11,16)(H,13,14)/t5-,7?/m1/s1. The van der Waals surface area contributed by atoms with Crippen LogP contribution in [-0.2, 0) is 14.4 Å². The van der Waals surface area contributed by atoms with Gasteiger partial charge in [-0.05, 0) is 20.5 Å². The number of Topliss-reactive ketones (excluding diaryl/α,β-unsaturated/α-hetero) is 1. The first kappa shape index (κ1) is 14.5. The van der Waals surface area contributed by atoms with Gasteiger partial charge in [0.15, 0.2) is 5.78 Å². The molecule has 5 N–H and O–H groups in total. The Morgan fingerprint density at radius 1 is 1.31 bits per heavy atom. The van der Waals surface area contributed by atoms with E-state index in [0.717, 1.165) is 0 Å². The molecule has 0 radical (unpaired) electrons. The van der Waals surface area contributed by atoms with Crippen molar-refractivity contribution in [1.82, 2.24) is 4.90 Å². The van der Waals surface area contributed by atoms with Crippen LogP contribution in [0.4, 0.5) is 0 Å². The van der Waals surface area contributed by atoms with Gasteiger partial charge < -0.3 is 16.6 Å². The molecule has 1 amide bonds. The highest BCUT2D eigenvalue weighted by molar-refractivity contribution is 6.07. The highest BCUT2D eigenvalue weighted by Gasteiger charge is 2.30. The average Bonchev–Trinajstić information content (AvgIpc) is 2.12. The van der Waals surface area contributed by atoms with Crippen LogP contribution in [-0.4, -0.2) is 53.8 Å². The zero-order valence-corrected chi connectivity index (χ0v) is 9.34. The number of amides is 1. The molecule has 7 nitrogen and oxygen atoms in total. The van der Waals surface area contributed by atoms with Crippen molar-refractivity contribution in [3.63, 3.8) is 0 Å². The van der Waals surface area contributed by atoms with Gasteiger partial charge in [-0.3, -0.25) is 19.3 Å². The molecule has 0 bridgehead atoms. The van der Waals surface area contributed by atoms with Crippen LogP contribution in [0.3, 0.4) is 0 Å². The van der Waals surface area contributed by atoms with Gasteiger partial charge in [0.2, 0.25) is 5.91 Å². The number of hydrogen-bond donors (Lipinski definition) is 3. The quantitative estimate of drug-likeness (QED) is 0.442. The van der Waals surface area contributed by atoms with Crippen LogP contribution in [0, 0.1) is 0 Å². The minimum atomic E-state index is -1.11. The smallest absolute Gasteiger partial charge is 0.303 e. The highest BCUT2D eigenvalue weighted by Crippen LogP contribution is 2.03. The second kappa shape index (κ2) is 6.19. The van der Waals surface area contributed by atoms with Crippen LogP contribution in [0.1, 0.15) is 12.8 Å². The zero-order valence-electron chi connectivity index (χ0n) is 9.34. The Kier molecular flexibility index (Phi) is 5.62. The van der Waals surface area contributed by atoms with Crippen LogP contribution < -0.4 is 11.5 Å². The predicted molar refractivity (Wildman–Crippen MR) is 56.5 cm³/mol. The fourth-order valence-corrected chi connectivity index (χ4v) is 1.27. The molecule has 0 spiro atoms. The number of hydrogen-bond acceptors (Lipinski definition) is 5. The number of carbonyl (C=O) groups is 3. The number of nitrogens with zero attached hydrogens (tertiary/aromatic N) is 1. The van der Waals surface area contributed by atoms with Gasteiger partial charge >= 0.3 is 5.97 Å². The van der Waals surface area contributed by atoms with Crippen LogP contribution in [0.5, 0.6) is 0 Å². The van der Waals surface area contributed by atoms with Gasteiger partial charge in [-0.25, -0.2) is 0 Å². The first-order chi connectivity index (χ1) is 7.27. The number of rotatable bonds is 7. The normalized spacial score (nSPS) is 14.5. The fraction of sp³-hybridized carbons (Fsp3) is 0.667.